The van der Waals surface area contributed by atoms with Crippen LogP contribution in [0.3, 0.4) is 0 Å². The van der Waals surface area contributed by atoms with Gasteiger partial charge in [-0.05, 0) is 37.3 Å². The minimum absolute atomic E-state index is 0.946. The Morgan fingerprint density at radius 1 is 1.11 bits per heavy atom. The van der Waals surface area contributed by atoms with Crippen LogP contribution in [0.2, 0.25) is 0 Å². The lowest BCUT2D eigenvalue weighted by Gasteiger charge is -2.05. The first kappa shape index (κ1) is 14.1. The molecule has 3 heteroatoms. The molecule has 0 saturated carbocycles. The van der Waals surface area contributed by atoms with Crippen molar-refractivity contribution in [2.24, 2.45) is 0 Å². The van der Waals surface area contributed by atoms with Crippen LogP contribution in [0.15, 0.2) is 29.6 Å². The van der Waals surface area contributed by atoms with Crippen molar-refractivity contribution >= 4 is 16.5 Å². The largest absolute Gasteiger partial charge is 0.361 e. The molecule has 2 aromatic rings. The van der Waals surface area contributed by atoms with Gasteiger partial charge >= 0.3 is 0 Å². The van der Waals surface area contributed by atoms with Gasteiger partial charge in [-0.3, -0.25) is 0 Å². The van der Waals surface area contributed by atoms with Crippen molar-refractivity contribution in [2.45, 2.75) is 39.5 Å². The fourth-order valence-electron chi connectivity index (χ4n) is 2.00. The van der Waals surface area contributed by atoms with E-state index in [0.29, 0.717) is 0 Å². The predicted octanol–water partition coefficient (Wildman–Crippen LogP) is 4.45. The van der Waals surface area contributed by atoms with Gasteiger partial charge in [-0.2, -0.15) is 0 Å². The average molecular weight is 274 g/mol. The summed E-state index contributed by atoms with van der Waals surface area (Å²) in [7, 11) is 0. The lowest BCUT2D eigenvalue weighted by Crippen LogP contribution is -2.04. The van der Waals surface area contributed by atoms with Crippen LogP contribution in [0.5, 0.6) is 0 Å². The number of aromatic nitrogens is 1. The van der Waals surface area contributed by atoms with E-state index in [1.54, 1.807) is 11.3 Å². The number of hydrogen-bond acceptors (Lipinski definition) is 3. The molecular formula is C16H22N2S. The van der Waals surface area contributed by atoms with Crippen LogP contribution in [-0.4, -0.2) is 11.5 Å². The summed E-state index contributed by atoms with van der Waals surface area (Å²) in [5, 5.41) is 6.47. The molecule has 0 radical (unpaired) electrons. The smallest absolute Gasteiger partial charge is 0.182 e. The van der Waals surface area contributed by atoms with Gasteiger partial charge in [0.1, 0.15) is 0 Å². The Labute approximate surface area is 119 Å². The molecule has 19 heavy (non-hydrogen) atoms. The molecule has 0 saturated heterocycles. The fraction of sp³-hybridized carbons (Fsp3) is 0.438. The Morgan fingerprint density at radius 3 is 2.37 bits per heavy atom. The predicted molar refractivity (Wildman–Crippen MR) is 84.1 cm³/mol. The molecule has 0 atom stereocenters. The Balaban J connectivity index is 1.76. The molecule has 0 spiro atoms. The third-order valence-electron chi connectivity index (χ3n) is 3.15. The standard InChI is InChI=1S/C16H22N2S/c1-3-4-5-14-6-8-15(9-7-14)10-11-17-16-18-13(2)12-19-16/h6-9,12H,3-5,10-11H2,1-2H3,(H,17,18). The molecule has 0 fully saturated rings. The fourth-order valence-corrected chi connectivity index (χ4v) is 2.72. The highest BCUT2D eigenvalue weighted by atomic mass is 32.1. The molecule has 2 rings (SSSR count). The number of nitrogens with zero attached hydrogens (tertiary/aromatic N) is 1. The number of aryl methyl sites for hydroxylation is 2. The second-order valence-corrected chi connectivity index (χ2v) is 5.75. The zero-order valence-electron chi connectivity index (χ0n) is 11.8. The molecule has 0 aliphatic carbocycles. The van der Waals surface area contributed by atoms with Crippen molar-refractivity contribution in [2.75, 3.05) is 11.9 Å². The van der Waals surface area contributed by atoms with Crippen molar-refractivity contribution < 1.29 is 0 Å². The minimum Gasteiger partial charge on any atom is -0.361 e. The molecule has 1 aromatic heterocycles. The van der Waals surface area contributed by atoms with Crippen LogP contribution in [0, 0.1) is 6.92 Å². The molecule has 0 aliphatic heterocycles. The summed E-state index contributed by atoms with van der Waals surface area (Å²) in [5.74, 6) is 0. The summed E-state index contributed by atoms with van der Waals surface area (Å²) < 4.78 is 0. The summed E-state index contributed by atoms with van der Waals surface area (Å²) in [6, 6.07) is 9.02. The molecule has 1 aromatic carbocycles. The third kappa shape index (κ3) is 4.67. The van der Waals surface area contributed by atoms with Gasteiger partial charge in [0.2, 0.25) is 0 Å². The SMILES string of the molecule is CCCCc1ccc(CCNc2nc(C)cs2)cc1. The first-order chi connectivity index (χ1) is 9.28. The highest BCUT2D eigenvalue weighted by molar-refractivity contribution is 7.13. The van der Waals surface area contributed by atoms with Gasteiger partial charge in [0, 0.05) is 11.9 Å². The van der Waals surface area contributed by atoms with Crippen LogP contribution in [0.25, 0.3) is 0 Å². The van der Waals surface area contributed by atoms with E-state index in [0.717, 1.165) is 23.8 Å². The number of anilines is 1. The summed E-state index contributed by atoms with van der Waals surface area (Å²) >= 11 is 1.67. The van der Waals surface area contributed by atoms with E-state index in [9.17, 15) is 0 Å². The van der Waals surface area contributed by atoms with E-state index in [-0.39, 0.29) is 0 Å². The summed E-state index contributed by atoms with van der Waals surface area (Å²) in [4.78, 5) is 4.40. The van der Waals surface area contributed by atoms with E-state index < -0.39 is 0 Å². The maximum absolute atomic E-state index is 4.40. The number of benzene rings is 1. The normalized spacial score (nSPS) is 10.6. The summed E-state index contributed by atoms with van der Waals surface area (Å²) in [6.45, 7) is 5.21. The van der Waals surface area contributed by atoms with Crippen LogP contribution in [0.4, 0.5) is 5.13 Å². The van der Waals surface area contributed by atoms with Gasteiger partial charge in [-0.25, -0.2) is 4.98 Å². The van der Waals surface area contributed by atoms with E-state index in [1.165, 1.54) is 30.4 Å². The number of nitrogens with one attached hydrogen (secondary N) is 1. The molecule has 2 nitrogen and oxygen atoms in total. The number of rotatable bonds is 7. The average Bonchev–Trinajstić information content (AvgIpc) is 2.84. The van der Waals surface area contributed by atoms with Crippen LogP contribution < -0.4 is 5.32 Å². The quantitative estimate of drug-likeness (QED) is 0.807. The van der Waals surface area contributed by atoms with Crippen molar-refractivity contribution in [3.63, 3.8) is 0 Å². The maximum atomic E-state index is 4.40. The number of hydrogen-bond donors (Lipinski definition) is 1. The first-order valence-corrected chi connectivity index (χ1v) is 7.89. The zero-order valence-corrected chi connectivity index (χ0v) is 12.6. The number of unbranched alkanes of at least 4 members (excludes halogenated alkanes) is 1. The molecule has 1 heterocycles. The van der Waals surface area contributed by atoms with Crippen molar-refractivity contribution in [1.82, 2.24) is 4.98 Å². The van der Waals surface area contributed by atoms with Crippen LogP contribution in [-0.2, 0) is 12.8 Å². The van der Waals surface area contributed by atoms with E-state index in [1.807, 2.05) is 6.92 Å². The molecule has 0 aliphatic rings. The van der Waals surface area contributed by atoms with Crippen LogP contribution in [0.1, 0.15) is 36.6 Å². The van der Waals surface area contributed by atoms with Gasteiger partial charge in [-0.15, -0.1) is 11.3 Å². The zero-order chi connectivity index (χ0) is 13.5. The molecule has 0 bridgehead atoms. The Bertz CT molecular complexity index is 488. The Hall–Kier alpha value is -1.35. The Kier molecular flexibility index (Phi) is 5.40. The minimum atomic E-state index is 0.946. The third-order valence-corrected chi connectivity index (χ3v) is 4.07. The highest BCUT2D eigenvalue weighted by Gasteiger charge is 1.98. The van der Waals surface area contributed by atoms with Crippen molar-refractivity contribution in [1.29, 1.82) is 0 Å². The van der Waals surface area contributed by atoms with Gasteiger partial charge in [0.15, 0.2) is 5.13 Å². The van der Waals surface area contributed by atoms with Crippen LogP contribution >= 0.6 is 11.3 Å². The lowest BCUT2D eigenvalue weighted by atomic mass is 10.1. The second kappa shape index (κ2) is 7.29. The summed E-state index contributed by atoms with van der Waals surface area (Å²) in [6.07, 6.45) is 4.79. The van der Waals surface area contributed by atoms with Gasteiger partial charge in [-0.1, -0.05) is 37.6 Å². The Morgan fingerprint density at radius 2 is 1.79 bits per heavy atom. The number of thiazole rings is 1. The van der Waals surface area contributed by atoms with Gasteiger partial charge < -0.3 is 5.32 Å². The first-order valence-electron chi connectivity index (χ1n) is 7.01. The van der Waals surface area contributed by atoms with Gasteiger partial charge in [0.05, 0.1) is 5.69 Å². The second-order valence-electron chi connectivity index (χ2n) is 4.89. The highest BCUT2D eigenvalue weighted by Crippen LogP contribution is 2.14. The molecule has 1 N–H and O–H groups in total. The van der Waals surface area contributed by atoms with Crippen molar-refractivity contribution in [3.05, 3.63) is 46.5 Å². The van der Waals surface area contributed by atoms with Crippen molar-refractivity contribution in [3.8, 4) is 0 Å². The summed E-state index contributed by atoms with van der Waals surface area (Å²) in [5.41, 5.74) is 3.93. The molecular weight excluding hydrogens is 252 g/mol. The molecule has 0 amide bonds. The maximum Gasteiger partial charge on any atom is 0.182 e. The van der Waals surface area contributed by atoms with E-state index in [2.05, 4.69) is 46.9 Å². The lowest BCUT2D eigenvalue weighted by molar-refractivity contribution is 0.794. The molecule has 0 unspecified atom stereocenters. The van der Waals surface area contributed by atoms with E-state index >= 15 is 0 Å². The molecule has 102 valence electrons. The topological polar surface area (TPSA) is 24.9 Å². The van der Waals surface area contributed by atoms with Gasteiger partial charge in [0.25, 0.3) is 0 Å². The van der Waals surface area contributed by atoms with E-state index in [4.69, 9.17) is 0 Å². The monoisotopic (exact) mass is 274 g/mol.